The molecule has 2 aliphatic heterocycles. The minimum absolute atomic E-state index is 0. The topological polar surface area (TPSA) is 73.3 Å². The lowest BCUT2D eigenvalue weighted by Crippen LogP contribution is -2.50. The molecule has 0 aliphatic carbocycles. The molecule has 0 radical (unpaired) electrons. The number of halogens is 1. The van der Waals surface area contributed by atoms with Gasteiger partial charge in [-0.3, -0.25) is 0 Å². The summed E-state index contributed by atoms with van der Waals surface area (Å²) in [4.78, 5) is 4.79. The van der Waals surface area contributed by atoms with E-state index < -0.39 is 0 Å². The van der Waals surface area contributed by atoms with Crippen molar-refractivity contribution in [1.82, 2.24) is 10.6 Å². The molecule has 0 bridgehead atoms. The fraction of sp³-hybridized carbons (Fsp3) is 0.682. The zero-order valence-corrected chi connectivity index (χ0v) is 20.7. The SMILES string of the molecule is CCNC(=NCc1ccc(C)cc1OC1CCOC1)NCC1(OC)CCOCC1.I. The highest BCUT2D eigenvalue weighted by Gasteiger charge is 2.32. The Morgan fingerprint density at radius 1 is 1.20 bits per heavy atom. The van der Waals surface area contributed by atoms with Crippen LogP contribution in [0.1, 0.15) is 37.3 Å². The normalized spacial score (nSPS) is 21.0. The molecule has 0 aromatic heterocycles. The van der Waals surface area contributed by atoms with Gasteiger partial charge in [0.1, 0.15) is 11.9 Å². The molecule has 30 heavy (non-hydrogen) atoms. The standard InChI is InChI=1S/C22H35N3O4.HI/c1-4-23-21(25-16-22(26-3)8-11-27-12-9-22)24-14-18-6-5-17(2)13-20(18)29-19-7-10-28-15-19;/h5-6,13,19H,4,7-12,14-16H2,1-3H3,(H2,23,24,25);1H. The van der Waals surface area contributed by atoms with Gasteiger partial charge in [-0.05, 0) is 25.5 Å². The van der Waals surface area contributed by atoms with Crippen LogP contribution in [0.3, 0.4) is 0 Å². The summed E-state index contributed by atoms with van der Waals surface area (Å²) in [6.07, 6.45) is 2.83. The first-order valence-corrected chi connectivity index (χ1v) is 10.6. The van der Waals surface area contributed by atoms with E-state index in [2.05, 4.69) is 42.7 Å². The Kier molecular flexibility index (Phi) is 10.6. The molecule has 1 aromatic rings. The Labute approximate surface area is 197 Å². The molecule has 1 aromatic carbocycles. The van der Waals surface area contributed by atoms with E-state index in [1.165, 1.54) is 5.56 Å². The van der Waals surface area contributed by atoms with Gasteiger partial charge in [-0.1, -0.05) is 12.1 Å². The fourth-order valence-electron chi connectivity index (χ4n) is 3.63. The summed E-state index contributed by atoms with van der Waals surface area (Å²) in [7, 11) is 1.78. The summed E-state index contributed by atoms with van der Waals surface area (Å²) in [5.74, 6) is 1.68. The number of guanidine groups is 1. The second-order valence-electron chi connectivity index (χ2n) is 7.76. The van der Waals surface area contributed by atoms with E-state index in [1.807, 2.05) is 0 Å². The lowest BCUT2D eigenvalue weighted by atomic mass is 9.94. The molecule has 0 spiro atoms. The predicted octanol–water partition coefficient (Wildman–Crippen LogP) is 3.03. The Bertz CT molecular complexity index is 674. The molecule has 0 amide bonds. The van der Waals surface area contributed by atoms with Crippen molar-refractivity contribution in [3.8, 4) is 5.75 Å². The average Bonchev–Trinajstić information content (AvgIpc) is 3.25. The average molecular weight is 533 g/mol. The zero-order valence-electron chi connectivity index (χ0n) is 18.4. The summed E-state index contributed by atoms with van der Waals surface area (Å²) >= 11 is 0. The number of aliphatic imine (C=N–C) groups is 1. The number of nitrogens with one attached hydrogen (secondary N) is 2. The van der Waals surface area contributed by atoms with Crippen LogP contribution in [0.15, 0.2) is 23.2 Å². The number of nitrogens with zero attached hydrogens (tertiary/aromatic N) is 1. The molecule has 2 N–H and O–H groups in total. The molecule has 1 unspecified atom stereocenters. The molecular weight excluding hydrogens is 497 g/mol. The van der Waals surface area contributed by atoms with E-state index in [-0.39, 0.29) is 35.7 Å². The van der Waals surface area contributed by atoms with Crippen molar-refractivity contribution in [1.29, 1.82) is 0 Å². The smallest absolute Gasteiger partial charge is 0.191 e. The number of benzene rings is 1. The quantitative estimate of drug-likeness (QED) is 0.304. The molecule has 2 aliphatic rings. The predicted molar refractivity (Wildman–Crippen MR) is 129 cm³/mol. The highest BCUT2D eigenvalue weighted by atomic mass is 127. The van der Waals surface area contributed by atoms with Crippen molar-refractivity contribution in [3.63, 3.8) is 0 Å². The van der Waals surface area contributed by atoms with E-state index in [0.29, 0.717) is 19.7 Å². The lowest BCUT2D eigenvalue weighted by Gasteiger charge is -2.36. The van der Waals surface area contributed by atoms with Crippen LogP contribution in [-0.4, -0.2) is 64.3 Å². The van der Waals surface area contributed by atoms with Crippen LogP contribution >= 0.6 is 24.0 Å². The van der Waals surface area contributed by atoms with Crippen molar-refractivity contribution < 1.29 is 18.9 Å². The number of ether oxygens (including phenoxy) is 4. The summed E-state index contributed by atoms with van der Waals surface area (Å²) in [5.41, 5.74) is 2.06. The van der Waals surface area contributed by atoms with E-state index in [1.54, 1.807) is 7.11 Å². The Morgan fingerprint density at radius 2 is 2.00 bits per heavy atom. The van der Waals surface area contributed by atoms with E-state index >= 15 is 0 Å². The molecular formula is C22H36IN3O4. The second-order valence-corrected chi connectivity index (χ2v) is 7.76. The first-order chi connectivity index (χ1) is 14.1. The van der Waals surface area contributed by atoms with Crippen LogP contribution in [0.4, 0.5) is 0 Å². The van der Waals surface area contributed by atoms with Crippen molar-refractivity contribution >= 4 is 29.9 Å². The van der Waals surface area contributed by atoms with Gasteiger partial charge in [0.05, 0.1) is 25.4 Å². The number of methoxy groups -OCH3 is 1. The fourth-order valence-corrected chi connectivity index (χ4v) is 3.63. The van der Waals surface area contributed by atoms with Gasteiger partial charge in [-0.2, -0.15) is 0 Å². The van der Waals surface area contributed by atoms with Crippen molar-refractivity contribution in [2.24, 2.45) is 4.99 Å². The third-order valence-corrected chi connectivity index (χ3v) is 5.57. The van der Waals surface area contributed by atoms with Gasteiger partial charge in [-0.25, -0.2) is 4.99 Å². The number of hydrogen-bond donors (Lipinski definition) is 2. The number of hydrogen-bond acceptors (Lipinski definition) is 5. The molecule has 2 fully saturated rings. The van der Waals surface area contributed by atoms with Crippen LogP contribution in [0.2, 0.25) is 0 Å². The molecule has 3 rings (SSSR count). The minimum atomic E-state index is -0.199. The zero-order chi connectivity index (χ0) is 20.5. The monoisotopic (exact) mass is 533 g/mol. The first kappa shape index (κ1) is 25.2. The first-order valence-electron chi connectivity index (χ1n) is 10.6. The molecule has 170 valence electrons. The largest absolute Gasteiger partial charge is 0.488 e. The molecule has 0 saturated carbocycles. The minimum Gasteiger partial charge on any atom is -0.488 e. The molecule has 2 heterocycles. The summed E-state index contributed by atoms with van der Waals surface area (Å²) < 4.78 is 23.0. The van der Waals surface area contributed by atoms with Gasteiger partial charge < -0.3 is 29.6 Å². The van der Waals surface area contributed by atoms with Crippen LogP contribution in [-0.2, 0) is 20.8 Å². The number of aryl methyl sites for hydroxylation is 1. The van der Waals surface area contributed by atoms with Gasteiger partial charge in [0.25, 0.3) is 0 Å². The third-order valence-electron chi connectivity index (χ3n) is 5.57. The Hall–Kier alpha value is -1.10. The van der Waals surface area contributed by atoms with Crippen LogP contribution < -0.4 is 15.4 Å². The van der Waals surface area contributed by atoms with Crippen LogP contribution in [0.25, 0.3) is 0 Å². The molecule has 1 atom stereocenters. The maximum atomic E-state index is 6.20. The van der Waals surface area contributed by atoms with Gasteiger partial charge in [0.2, 0.25) is 0 Å². The Morgan fingerprint density at radius 3 is 2.67 bits per heavy atom. The van der Waals surface area contributed by atoms with Crippen LogP contribution in [0.5, 0.6) is 5.75 Å². The van der Waals surface area contributed by atoms with Crippen molar-refractivity contribution in [3.05, 3.63) is 29.3 Å². The number of rotatable bonds is 8. The maximum absolute atomic E-state index is 6.20. The summed E-state index contributed by atoms with van der Waals surface area (Å²) in [6, 6.07) is 6.29. The summed E-state index contributed by atoms with van der Waals surface area (Å²) in [6.45, 7) is 9.08. The van der Waals surface area contributed by atoms with E-state index in [4.69, 9.17) is 23.9 Å². The third kappa shape index (κ3) is 7.25. The van der Waals surface area contributed by atoms with Crippen molar-refractivity contribution in [2.45, 2.75) is 51.4 Å². The lowest BCUT2D eigenvalue weighted by molar-refractivity contribution is -0.0855. The highest BCUT2D eigenvalue weighted by molar-refractivity contribution is 14.0. The summed E-state index contributed by atoms with van der Waals surface area (Å²) in [5, 5.41) is 6.78. The highest BCUT2D eigenvalue weighted by Crippen LogP contribution is 2.25. The molecule has 2 saturated heterocycles. The van der Waals surface area contributed by atoms with Gasteiger partial charge in [0, 0.05) is 58.2 Å². The molecule has 7 nitrogen and oxygen atoms in total. The van der Waals surface area contributed by atoms with E-state index in [0.717, 1.165) is 62.9 Å². The Balaban J connectivity index is 0.00000320. The molecule has 8 heteroatoms. The van der Waals surface area contributed by atoms with Crippen LogP contribution in [0, 0.1) is 6.92 Å². The van der Waals surface area contributed by atoms with Gasteiger partial charge >= 0.3 is 0 Å². The maximum Gasteiger partial charge on any atom is 0.191 e. The van der Waals surface area contributed by atoms with Crippen molar-refractivity contribution in [2.75, 3.05) is 46.6 Å². The van der Waals surface area contributed by atoms with E-state index in [9.17, 15) is 0 Å². The van der Waals surface area contributed by atoms with Gasteiger partial charge in [-0.15, -0.1) is 24.0 Å². The van der Waals surface area contributed by atoms with Gasteiger partial charge in [0.15, 0.2) is 5.96 Å². The second kappa shape index (κ2) is 12.7.